The number of nitrogens with zero attached hydrogens (tertiary/aromatic N) is 5. The quantitative estimate of drug-likeness (QED) is 0.236. The van der Waals surface area contributed by atoms with Gasteiger partial charge < -0.3 is 24.0 Å². The largest absolute Gasteiger partial charge is 0.474 e. The molecule has 7 rings (SSSR count). The van der Waals surface area contributed by atoms with Crippen LogP contribution in [0.5, 0.6) is 5.88 Å². The lowest BCUT2D eigenvalue weighted by Crippen LogP contribution is -2.59. The summed E-state index contributed by atoms with van der Waals surface area (Å²) < 4.78 is 20.5. The first-order valence-corrected chi connectivity index (χ1v) is 16.9. The Kier molecular flexibility index (Phi) is 8.10. The molecule has 0 bridgehead atoms. The first kappa shape index (κ1) is 31.4. The maximum atomic E-state index is 12.6. The monoisotopic (exact) mass is 639 g/mol. The van der Waals surface area contributed by atoms with Gasteiger partial charge in [0.2, 0.25) is 11.8 Å². The standard InChI is InChI=1S/C37H45N5O5/c1-24(43)41-22-37(5,23-41)26-13-14-31-29(21-26)33(39-42(31)32-12-8-9-19-45-32)30-20-25-10-6-7-11-28(25)34(38-30)46-27-15-17-40(18-16-27)35(44)47-36(2,3)4/h6-7,10-11,13-14,20-21,27,32H,8-9,12,15-19,22-23H2,1-5H3. The van der Waals surface area contributed by atoms with Crippen molar-refractivity contribution < 1.29 is 23.8 Å². The summed E-state index contributed by atoms with van der Waals surface area (Å²) in [5.41, 5.74) is 3.07. The number of carbonyl (C=O) groups excluding carboxylic acids is 2. The molecular formula is C37H45N5O5. The fourth-order valence-corrected chi connectivity index (χ4v) is 7.06. The van der Waals surface area contributed by atoms with Crippen molar-refractivity contribution >= 4 is 33.7 Å². The Bertz CT molecular complexity index is 1810. The van der Waals surface area contributed by atoms with Gasteiger partial charge in [0.25, 0.3) is 0 Å². The minimum absolute atomic E-state index is 0.0841. The van der Waals surface area contributed by atoms with Crippen LogP contribution in [-0.4, -0.2) is 81.1 Å². The zero-order valence-corrected chi connectivity index (χ0v) is 28.1. The van der Waals surface area contributed by atoms with E-state index in [9.17, 15) is 9.59 Å². The SMILES string of the molecule is CC(=O)N1CC(C)(c2ccc3c(c2)c(-c2cc4ccccc4c(OC4CCN(C(=O)OC(C)(C)C)CC4)n2)nn3C2CCCCO2)C1. The summed E-state index contributed by atoms with van der Waals surface area (Å²) in [5, 5.41) is 8.17. The summed E-state index contributed by atoms with van der Waals surface area (Å²) in [6, 6.07) is 16.8. The Morgan fingerprint density at radius 1 is 0.957 bits per heavy atom. The molecule has 3 aliphatic heterocycles. The molecule has 2 aromatic heterocycles. The summed E-state index contributed by atoms with van der Waals surface area (Å²) in [6.07, 6.45) is 3.94. The average molecular weight is 640 g/mol. The third-order valence-electron chi connectivity index (χ3n) is 9.68. The van der Waals surface area contributed by atoms with E-state index in [4.69, 9.17) is 24.3 Å². The van der Waals surface area contributed by atoms with Crippen LogP contribution in [-0.2, 0) is 19.7 Å². The number of likely N-dealkylation sites (tertiary alicyclic amines) is 2. The molecule has 4 aromatic rings. The molecule has 0 N–H and O–H groups in total. The van der Waals surface area contributed by atoms with Crippen LogP contribution in [0.15, 0.2) is 48.5 Å². The predicted molar refractivity (Wildman–Crippen MR) is 180 cm³/mol. The lowest BCUT2D eigenvalue weighted by Gasteiger charge is -2.48. The van der Waals surface area contributed by atoms with Gasteiger partial charge in [-0.05, 0) is 75.2 Å². The molecule has 0 spiro atoms. The van der Waals surface area contributed by atoms with Crippen LogP contribution in [0.1, 0.15) is 78.5 Å². The van der Waals surface area contributed by atoms with Crippen LogP contribution in [0, 0.1) is 0 Å². The van der Waals surface area contributed by atoms with Crippen molar-refractivity contribution in [3.05, 3.63) is 54.1 Å². The number of rotatable bonds is 5. The molecule has 10 heteroatoms. The molecule has 0 saturated carbocycles. The van der Waals surface area contributed by atoms with Crippen molar-refractivity contribution in [1.82, 2.24) is 24.6 Å². The van der Waals surface area contributed by atoms with E-state index in [0.717, 1.165) is 58.9 Å². The maximum absolute atomic E-state index is 12.6. The van der Waals surface area contributed by atoms with Crippen LogP contribution in [0.4, 0.5) is 4.79 Å². The van der Waals surface area contributed by atoms with Crippen LogP contribution >= 0.6 is 0 Å². The third kappa shape index (κ3) is 6.27. The fourth-order valence-electron chi connectivity index (χ4n) is 7.06. The molecule has 3 fully saturated rings. The molecule has 248 valence electrons. The summed E-state index contributed by atoms with van der Waals surface area (Å²) >= 11 is 0. The molecular weight excluding hydrogens is 594 g/mol. The average Bonchev–Trinajstić information content (AvgIpc) is 3.42. The van der Waals surface area contributed by atoms with Gasteiger partial charge >= 0.3 is 6.09 Å². The normalized spacial score (nSPS) is 20.3. The highest BCUT2D eigenvalue weighted by Gasteiger charge is 2.42. The van der Waals surface area contributed by atoms with Crippen molar-refractivity contribution in [2.45, 2.75) is 90.1 Å². The fraction of sp³-hybridized carbons (Fsp3) is 0.514. The molecule has 1 atom stereocenters. The Morgan fingerprint density at radius 2 is 1.72 bits per heavy atom. The smallest absolute Gasteiger partial charge is 0.410 e. The van der Waals surface area contributed by atoms with Crippen molar-refractivity contribution in [1.29, 1.82) is 0 Å². The number of ether oxygens (including phenoxy) is 3. The molecule has 0 radical (unpaired) electrons. The van der Waals surface area contributed by atoms with E-state index >= 15 is 0 Å². The van der Waals surface area contributed by atoms with E-state index in [1.54, 1.807) is 11.8 Å². The highest BCUT2D eigenvalue weighted by Crippen LogP contribution is 2.40. The number of hydrogen-bond donors (Lipinski definition) is 0. The number of pyridine rings is 1. The number of carbonyl (C=O) groups is 2. The second-order valence-corrected chi connectivity index (χ2v) is 14.6. The Morgan fingerprint density at radius 3 is 2.43 bits per heavy atom. The van der Waals surface area contributed by atoms with Crippen LogP contribution in [0.2, 0.25) is 0 Å². The van der Waals surface area contributed by atoms with Gasteiger partial charge in [-0.3, -0.25) is 4.79 Å². The highest BCUT2D eigenvalue weighted by molar-refractivity contribution is 5.97. The second-order valence-electron chi connectivity index (χ2n) is 14.6. The van der Waals surface area contributed by atoms with Gasteiger partial charge in [0.05, 0.1) is 11.2 Å². The zero-order chi connectivity index (χ0) is 32.9. The lowest BCUT2D eigenvalue weighted by atomic mass is 9.75. The summed E-state index contributed by atoms with van der Waals surface area (Å²) in [6.45, 7) is 12.7. The van der Waals surface area contributed by atoms with E-state index in [1.165, 1.54) is 5.56 Å². The first-order valence-electron chi connectivity index (χ1n) is 16.9. The van der Waals surface area contributed by atoms with E-state index < -0.39 is 5.60 Å². The molecule has 2 aromatic carbocycles. The Hall–Kier alpha value is -4.18. The number of amides is 2. The van der Waals surface area contributed by atoms with E-state index in [-0.39, 0.29) is 29.7 Å². The number of piperidine rings is 1. The Balaban J connectivity index is 1.24. The lowest BCUT2D eigenvalue weighted by molar-refractivity contribution is -0.136. The minimum atomic E-state index is -0.529. The van der Waals surface area contributed by atoms with Crippen molar-refractivity contribution in [2.24, 2.45) is 0 Å². The van der Waals surface area contributed by atoms with E-state index in [0.29, 0.717) is 44.9 Å². The molecule has 10 nitrogen and oxygen atoms in total. The van der Waals surface area contributed by atoms with Gasteiger partial charge in [-0.2, -0.15) is 5.10 Å². The number of fused-ring (bicyclic) bond motifs is 2. The number of benzene rings is 2. The molecule has 1 unspecified atom stereocenters. The van der Waals surface area contributed by atoms with Gasteiger partial charge in [-0.1, -0.05) is 31.2 Å². The molecule has 2 amide bonds. The van der Waals surface area contributed by atoms with Gasteiger partial charge in [0.15, 0.2) is 6.23 Å². The number of aromatic nitrogens is 3. The molecule has 5 heterocycles. The topological polar surface area (TPSA) is 99.0 Å². The van der Waals surface area contributed by atoms with Gasteiger partial charge in [-0.15, -0.1) is 0 Å². The Labute approximate surface area is 276 Å². The van der Waals surface area contributed by atoms with Crippen molar-refractivity contribution in [3.63, 3.8) is 0 Å². The molecule has 0 aliphatic carbocycles. The highest BCUT2D eigenvalue weighted by atomic mass is 16.6. The predicted octanol–water partition coefficient (Wildman–Crippen LogP) is 6.85. The maximum Gasteiger partial charge on any atom is 0.410 e. The van der Waals surface area contributed by atoms with Gasteiger partial charge in [-0.25, -0.2) is 14.5 Å². The van der Waals surface area contributed by atoms with Crippen molar-refractivity contribution in [3.8, 4) is 17.3 Å². The van der Waals surface area contributed by atoms with Gasteiger partial charge in [0, 0.05) is 68.7 Å². The molecule has 3 aliphatic rings. The van der Waals surface area contributed by atoms with Crippen LogP contribution in [0.25, 0.3) is 33.1 Å². The van der Waals surface area contributed by atoms with E-state index in [1.807, 2.05) is 48.6 Å². The van der Waals surface area contributed by atoms with Crippen molar-refractivity contribution in [2.75, 3.05) is 32.8 Å². The first-order chi connectivity index (χ1) is 22.5. The summed E-state index contributed by atoms with van der Waals surface area (Å²) in [4.78, 5) is 33.4. The van der Waals surface area contributed by atoms with Crippen LogP contribution < -0.4 is 4.74 Å². The third-order valence-corrected chi connectivity index (χ3v) is 9.68. The van der Waals surface area contributed by atoms with Gasteiger partial charge in [0.1, 0.15) is 17.4 Å². The summed E-state index contributed by atoms with van der Waals surface area (Å²) in [7, 11) is 0. The van der Waals surface area contributed by atoms with Crippen LogP contribution in [0.3, 0.4) is 0 Å². The second kappa shape index (κ2) is 12.1. The molecule has 47 heavy (non-hydrogen) atoms. The summed E-state index contributed by atoms with van der Waals surface area (Å²) in [5.74, 6) is 0.680. The van der Waals surface area contributed by atoms with E-state index in [2.05, 4.69) is 37.3 Å². The molecule has 3 saturated heterocycles. The zero-order valence-electron chi connectivity index (χ0n) is 28.1. The number of hydrogen-bond acceptors (Lipinski definition) is 7. The minimum Gasteiger partial charge on any atom is -0.474 e.